The number of carbonyl (C=O) groups is 1. The quantitative estimate of drug-likeness (QED) is 0.198. The number of hydrogen-bond acceptors (Lipinski definition) is 7. The zero-order valence-corrected chi connectivity index (χ0v) is 22.3. The average Bonchev–Trinajstić information content (AvgIpc) is 2.83. The van der Waals surface area contributed by atoms with Gasteiger partial charge in [-0.3, -0.25) is 9.69 Å². The molecule has 2 aliphatic heterocycles. The van der Waals surface area contributed by atoms with E-state index >= 15 is 0 Å². The normalized spacial score (nSPS) is 16.9. The maximum atomic E-state index is 12.3. The molecule has 2 aliphatic rings. The highest BCUT2D eigenvalue weighted by molar-refractivity contribution is 6.07. The van der Waals surface area contributed by atoms with Crippen molar-refractivity contribution in [2.24, 2.45) is 5.41 Å². The highest BCUT2D eigenvalue weighted by atomic mass is 16.5. The van der Waals surface area contributed by atoms with Crippen LogP contribution in [-0.2, 0) is 22.4 Å². The molecule has 8 nitrogen and oxygen atoms in total. The van der Waals surface area contributed by atoms with E-state index in [9.17, 15) is 9.90 Å². The second kappa shape index (κ2) is 11.6. The number of nitrogens with two attached hydrogens (primary N) is 1. The lowest BCUT2D eigenvalue weighted by Gasteiger charge is -2.43. The summed E-state index contributed by atoms with van der Waals surface area (Å²) in [6.07, 6.45) is 6.41. The van der Waals surface area contributed by atoms with E-state index < -0.39 is 17.4 Å². The third-order valence-electron chi connectivity index (χ3n) is 7.28. The van der Waals surface area contributed by atoms with Crippen LogP contribution in [0.4, 0.5) is 11.5 Å². The van der Waals surface area contributed by atoms with Crippen molar-refractivity contribution in [1.29, 1.82) is 5.41 Å². The Kier molecular flexibility index (Phi) is 8.49. The van der Waals surface area contributed by atoms with Gasteiger partial charge in [-0.05, 0) is 55.4 Å². The second-order valence-electron chi connectivity index (χ2n) is 11.3. The average molecular weight is 508 g/mol. The summed E-state index contributed by atoms with van der Waals surface area (Å²) < 4.78 is 6.03. The van der Waals surface area contributed by atoms with Gasteiger partial charge in [-0.25, -0.2) is 4.98 Å². The molecule has 1 aromatic heterocycles. The van der Waals surface area contributed by atoms with E-state index in [1.165, 1.54) is 12.0 Å². The maximum absolute atomic E-state index is 12.3. The molecule has 2 aromatic rings. The number of carboxylic acids is 1. The van der Waals surface area contributed by atoms with Crippen LogP contribution in [0.25, 0.3) is 0 Å². The number of aryl methyl sites for hydroxylation is 2. The smallest absolute Gasteiger partial charge is 0.325 e. The molecule has 0 spiro atoms. The number of ether oxygens (including phenoxy) is 1. The zero-order chi connectivity index (χ0) is 26.6. The lowest BCUT2D eigenvalue weighted by molar-refractivity contribution is -0.150. The molecule has 5 N–H and O–H groups in total. The number of rotatable bonds is 11. The summed E-state index contributed by atoms with van der Waals surface area (Å²) in [7, 11) is 0. The van der Waals surface area contributed by atoms with E-state index in [-0.39, 0.29) is 6.10 Å². The first-order valence-corrected chi connectivity index (χ1v) is 13.4. The fourth-order valence-electron chi connectivity index (χ4n) is 5.10. The Labute approximate surface area is 220 Å². The molecule has 8 heteroatoms. The first kappa shape index (κ1) is 27.1. The molecule has 0 bridgehead atoms. The van der Waals surface area contributed by atoms with Gasteiger partial charge in [0, 0.05) is 54.3 Å². The molecule has 1 saturated heterocycles. The van der Waals surface area contributed by atoms with Gasteiger partial charge in [-0.2, -0.15) is 0 Å². The minimum absolute atomic E-state index is 0.0295. The van der Waals surface area contributed by atoms with Crippen molar-refractivity contribution >= 4 is 23.2 Å². The third kappa shape index (κ3) is 6.48. The zero-order valence-electron chi connectivity index (χ0n) is 22.3. The Morgan fingerprint density at radius 2 is 2.03 bits per heavy atom. The number of benzene rings is 1. The molecular formula is C29H41N5O3. The largest absolute Gasteiger partial charge is 0.480 e. The number of likely N-dealkylation sites (tertiary alicyclic amines) is 1. The number of anilines is 2. The highest BCUT2D eigenvalue weighted by Crippen LogP contribution is 2.35. The van der Waals surface area contributed by atoms with E-state index in [4.69, 9.17) is 20.9 Å². The van der Waals surface area contributed by atoms with Crippen LogP contribution >= 0.6 is 0 Å². The number of aromatic nitrogens is 1. The molecule has 1 fully saturated rings. The number of fused-ring (bicyclic) bond motifs is 1. The van der Waals surface area contributed by atoms with E-state index in [0.717, 1.165) is 50.2 Å². The van der Waals surface area contributed by atoms with Crippen LogP contribution in [0.15, 0.2) is 30.3 Å². The molecule has 1 atom stereocenters. The van der Waals surface area contributed by atoms with Gasteiger partial charge in [0.1, 0.15) is 11.9 Å². The minimum Gasteiger partial charge on any atom is -0.480 e. The molecule has 1 unspecified atom stereocenters. The molecule has 0 amide bonds. The van der Waals surface area contributed by atoms with Crippen LogP contribution in [0.5, 0.6) is 0 Å². The van der Waals surface area contributed by atoms with Gasteiger partial charge in [0.15, 0.2) is 0 Å². The van der Waals surface area contributed by atoms with Crippen LogP contribution in [0.2, 0.25) is 0 Å². The molecule has 37 heavy (non-hydrogen) atoms. The summed E-state index contributed by atoms with van der Waals surface area (Å²) >= 11 is 0. The monoisotopic (exact) mass is 507 g/mol. The van der Waals surface area contributed by atoms with Crippen molar-refractivity contribution in [3.8, 4) is 0 Å². The van der Waals surface area contributed by atoms with Gasteiger partial charge in [0.25, 0.3) is 0 Å². The summed E-state index contributed by atoms with van der Waals surface area (Å²) in [5, 5.41) is 22.1. The minimum atomic E-state index is -0.932. The van der Waals surface area contributed by atoms with Crippen LogP contribution < -0.4 is 11.1 Å². The van der Waals surface area contributed by atoms with Crippen molar-refractivity contribution in [2.45, 2.75) is 71.4 Å². The van der Waals surface area contributed by atoms with Gasteiger partial charge in [0.2, 0.25) is 0 Å². The number of pyridine rings is 1. The van der Waals surface area contributed by atoms with Gasteiger partial charge < -0.3 is 26.3 Å². The van der Waals surface area contributed by atoms with E-state index in [0.29, 0.717) is 42.2 Å². The molecule has 1 aromatic carbocycles. The Morgan fingerprint density at radius 1 is 1.24 bits per heavy atom. The van der Waals surface area contributed by atoms with Crippen LogP contribution in [-0.4, -0.2) is 59.0 Å². The molecule has 200 valence electrons. The first-order chi connectivity index (χ1) is 17.6. The lowest BCUT2D eigenvalue weighted by Crippen LogP contribution is -2.55. The van der Waals surface area contributed by atoms with E-state index in [2.05, 4.69) is 17.4 Å². The number of nitrogen functional groups attached to an aromatic ring is 1. The number of hydrogen-bond donors (Lipinski definition) is 4. The second-order valence-corrected chi connectivity index (χ2v) is 11.3. The topological polar surface area (TPSA) is 125 Å². The molecule has 0 saturated carbocycles. The molecule has 0 aliphatic carbocycles. The lowest BCUT2D eigenvalue weighted by atomic mass is 9.81. The summed E-state index contributed by atoms with van der Waals surface area (Å²) in [5.74, 6) is 0.125. The summed E-state index contributed by atoms with van der Waals surface area (Å²) in [5.41, 5.74) is 10.2. The molecule has 0 radical (unpaired) electrons. The van der Waals surface area contributed by atoms with Crippen molar-refractivity contribution < 1.29 is 14.6 Å². The summed E-state index contributed by atoms with van der Waals surface area (Å²) in [4.78, 5) is 19.0. The van der Waals surface area contributed by atoms with Crippen LogP contribution in [0, 0.1) is 10.8 Å². The highest BCUT2D eigenvalue weighted by Gasteiger charge is 2.40. The van der Waals surface area contributed by atoms with Crippen LogP contribution in [0.3, 0.4) is 0 Å². The Balaban J connectivity index is 1.23. The Hall–Kier alpha value is -2.97. The van der Waals surface area contributed by atoms with Crippen molar-refractivity contribution in [1.82, 2.24) is 9.88 Å². The molecule has 3 heterocycles. The van der Waals surface area contributed by atoms with Crippen molar-refractivity contribution in [2.75, 3.05) is 37.3 Å². The van der Waals surface area contributed by atoms with Crippen molar-refractivity contribution in [3.63, 3.8) is 0 Å². The SMILES string of the molecule is CC(C)(C)C(=N)c1c(N)cccc1C(C(=O)O)N1CC(OCCCCCc2ccc3c(n2)NCCC3)C1. The first-order valence-electron chi connectivity index (χ1n) is 13.4. The standard InChI is InChI=1S/C29H41N5O3/c1-29(2,3)26(31)24-22(11-7-12-23(24)30)25(28(35)36)34-17-21(18-34)37-16-6-4-5-10-20-14-13-19-9-8-15-32-27(19)33-20/h7,11-14,21,25,31H,4-6,8-10,15-18,30H2,1-3H3,(H,32,33)(H,35,36). The molecule has 4 rings (SSSR count). The van der Waals surface area contributed by atoms with Gasteiger partial charge in [0.05, 0.1) is 6.10 Å². The predicted octanol–water partition coefficient (Wildman–Crippen LogP) is 4.68. The summed E-state index contributed by atoms with van der Waals surface area (Å²) in [6.45, 7) is 8.61. The predicted molar refractivity (Wildman–Crippen MR) is 147 cm³/mol. The fraction of sp³-hybridized carbons (Fsp3) is 0.552. The van der Waals surface area contributed by atoms with Crippen molar-refractivity contribution in [3.05, 3.63) is 52.7 Å². The maximum Gasteiger partial charge on any atom is 0.325 e. The number of nitrogens with zero attached hydrogens (tertiary/aromatic N) is 2. The third-order valence-corrected chi connectivity index (χ3v) is 7.28. The Bertz CT molecular complexity index is 1120. The van der Waals surface area contributed by atoms with Gasteiger partial charge in [-0.15, -0.1) is 0 Å². The number of aliphatic carboxylic acids is 1. The number of nitrogens with one attached hydrogen (secondary N) is 2. The van der Waals surface area contributed by atoms with Crippen LogP contribution in [0.1, 0.15) is 74.9 Å². The fourth-order valence-corrected chi connectivity index (χ4v) is 5.10. The summed E-state index contributed by atoms with van der Waals surface area (Å²) in [6, 6.07) is 8.80. The van der Waals surface area contributed by atoms with Gasteiger partial charge >= 0.3 is 5.97 Å². The van der Waals surface area contributed by atoms with E-state index in [1.54, 1.807) is 18.2 Å². The van der Waals surface area contributed by atoms with Gasteiger partial charge in [-0.1, -0.05) is 45.4 Å². The number of unbranched alkanes of at least 4 members (excludes halogenated alkanes) is 2. The van der Waals surface area contributed by atoms with E-state index in [1.807, 2.05) is 25.7 Å². The number of carboxylic acid groups (broad SMARTS) is 1. The Morgan fingerprint density at radius 3 is 2.76 bits per heavy atom. The molecular weight excluding hydrogens is 466 g/mol.